The van der Waals surface area contributed by atoms with Gasteiger partial charge in [0.15, 0.2) is 17.5 Å². The fourth-order valence-electron chi connectivity index (χ4n) is 2.37. The molecule has 0 radical (unpaired) electrons. The van der Waals surface area contributed by atoms with Gasteiger partial charge in [0, 0.05) is 18.3 Å². The monoisotopic (exact) mass is 377 g/mol. The molecule has 1 amide bonds. The fourth-order valence-corrected chi connectivity index (χ4v) is 2.37. The second-order valence-electron chi connectivity index (χ2n) is 5.38. The van der Waals surface area contributed by atoms with Crippen LogP contribution in [0.15, 0.2) is 53.7 Å². The summed E-state index contributed by atoms with van der Waals surface area (Å²) in [7, 11) is 0. The van der Waals surface area contributed by atoms with Gasteiger partial charge in [-0.05, 0) is 35.9 Å². The van der Waals surface area contributed by atoms with Crippen LogP contribution < -0.4 is 4.74 Å². The molecular weight excluding hydrogens is 367 g/mol. The predicted molar refractivity (Wildman–Crippen MR) is 87.6 cm³/mol. The van der Waals surface area contributed by atoms with Gasteiger partial charge in [-0.25, -0.2) is 23.0 Å². The Kier molecular flexibility index (Phi) is 4.88. The number of carbonyl (C=O) groups is 1. The fraction of sp³-hybridized carbons (Fsp3) is 0.0588. The first-order valence-electron chi connectivity index (χ1n) is 7.46. The Morgan fingerprint density at radius 1 is 1.15 bits per heavy atom. The van der Waals surface area contributed by atoms with Gasteiger partial charge in [0.25, 0.3) is 5.69 Å². The number of carbonyl (C=O) groups excluding carboxylic acids is 1. The van der Waals surface area contributed by atoms with Crippen molar-refractivity contribution in [1.82, 2.24) is 4.90 Å². The average Bonchev–Trinajstić information content (AvgIpc) is 2.66. The van der Waals surface area contributed by atoms with Crippen molar-refractivity contribution in [3.63, 3.8) is 0 Å². The Morgan fingerprint density at radius 3 is 2.37 bits per heavy atom. The number of non-ortho nitro benzene ring substituents is 1. The van der Waals surface area contributed by atoms with Crippen molar-refractivity contribution in [2.75, 3.05) is 0 Å². The van der Waals surface area contributed by atoms with Gasteiger partial charge in [-0.3, -0.25) is 15.0 Å². The van der Waals surface area contributed by atoms with Crippen LogP contribution in [0.3, 0.4) is 0 Å². The lowest BCUT2D eigenvalue weighted by Crippen LogP contribution is -2.36. The molecule has 0 fully saturated rings. The van der Waals surface area contributed by atoms with Gasteiger partial charge in [-0.2, -0.15) is 0 Å². The minimum Gasteiger partial charge on any atom is -0.410 e. The third-order valence-electron chi connectivity index (χ3n) is 3.66. The van der Waals surface area contributed by atoms with Crippen LogP contribution in [0.4, 0.5) is 23.7 Å². The second kappa shape index (κ2) is 7.28. The molecule has 10 heteroatoms. The topological polar surface area (TPSA) is 85.0 Å². The van der Waals surface area contributed by atoms with Crippen molar-refractivity contribution in [3.05, 3.63) is 81.8 Å². The van der Waals surface area contributed by atoms with Crippen molar-refractivity contribution in [2.45, 2.75) is 6.04 Å². The summed E-state index contributed by atoms with van der Waals surface area (Å²) in [5.74, 6) is -4.40. The summed E-state index contributed by atoms with van der Waals surface area (Å²) in [5.41, 5.74) is -0.221. The molecule has 7 nitrogen and oxygen atoms in total. The number of nitro groups is 1. The number of hydrogen-bond acceptors (Lipinski definition) is 5. The molecule has 0 N–H and O–H groups in total. The first-order chi connectivity index (χ1) is 12.9. The molecule has 1 unspecified atom stereocenters. The number of nitrogens with zero attached hydrogens (tertiary/aromatic N) is 3. The third-order valence-corrected chi connectivity index (χ3v) is 3.66. The number of ether oxygens (including phenoxy) is 1. The van der Waals surface area contributed by atoms with Gasteiger partial charge in [0.2, 0.25) is 0 Å². The maximum atomic E-state index is 13.5. The van der Waals surface area contributed by atoms with Crippen LogP contribution in [0.5, 0.6) is 5.75 Å². The molecule has 3 rings (SSSR count). The van der Waals surface area contributed by atoms with E-state index >= 15 is 0 Å². The predicted octanol–water partition coefficient (Wildman–Crippen LogP) is 4.11. The van der Waals surface area contributed by atoms with Gasteiger partial charge in [-0.1, -0.05) is 0 Å². The lowest BCUT2D eigenvalue weighted by molar-refractivity contribution is -0.384. The number of benzene rings is 2. The van der Waals surface area contributed by atoms with E-state index in [1.807, 2.05) is 0 Å². The zero-order valence-corrected chi connectivity index (χ0v) is 13.4. The maximum Gasteiger partial charge on any atom is 0.421 e. The zero-order valence-electron chi connectivity index (χ0n) is 13.4. The lowest BCUT2D eigenvalue weighted by atomic mass is 10.0. The van der Waals surface area contributed by atoms with E-state index in [2.05, 4.69) is 4.99 Å². The van der Waals surface area contributed by atoms with E-state index in [-0.39, 0.29) is 17.0 Å². The normalized spacial score (nSPS) is 15.7. The van der Waals surface area contributed by atoms with Crippen LogP contribution in [0, 0.1) is 27.6 Å². The number of aliphatic imine (C=N–C) groups is 1. The summed E-state index contributed by atoms with van der Waals surface area (Å²) in [5, 5.41) is 10.6. The first kappa shape index (κ1) is 18.1. The van der Waals surface area contributed by atoms with Gasteiger partial charge in [-0.15, -0.1) is 0 Å². The molecule has 0 bridgehead atoms. The van der Waals surface area contributed by atoms with Crippen molar-refractivity contribution in [3.8, 4) is 5.75 Å². The highest BCUT2D eigenvalue weighted by Gasteiger charge is 2.27. The molecule has 2 aromatic carbocycles. The SMILES string of the molecule is O=C(Oc1ccc([N+](=O)[O-])cc1)N1C=NC=CC1c1cc(F)c(F)c(F)c1. The molecule has 0 saturated carbocycles. The summed E-state index contributed by atoms with van der Waals surface area (Å²) in [6, 6.07) is 5.28. The summed E-state index contributed by atoms with van der Waals surface area (Å²) in [6.07, 6.45) is 2.80. The van der Waals surface area contributed by atoms with Crippen LogP contribution in [-0.2, 0) is 0 Å². The molecule has 0 spiro atoms. The minimum atomic E-state index is -1.62. The number of rotatable bonds is 3. The first-order valence-corrected chi connectivity index (χ1v) is 7.46. The molecule has 0 saturated heterocycles. The third kappa shape index (κ3) is 3.78. The number of halogens is 3. The Hall–Kier alpha value is -3.69. The van der Waals surface area contributed by atoms with E-state index in [4.69, 9.17) is 4.74 Å². The highest BCUT2D eigenvalue weighted by atomic mass is 19.2. The van der Waals surface area contributed by atoms with Crippen molar-refractivity contribution >= 4 is 18.1 Å². The minimum absolute atomic E-state index is 0.0174. The molecule has 1 aliphatic heterocycles. The van der Waals surface area contributed by atoms with E-state index in [1.54, 1.807) is 0 Å². The van der Waals surface area contributed by atoms with E-state index in [1.165, 1.54) is 24.4 Å². The number of nitro benzene ring substituents is 1. The maximum absolute atomic E-state index is 13.5. The van der Waals surface area contributed by atoms with Crippen LogP contribution in [0.1, 0.15) is 11.6 Å². The number of amides is 1. The van der Waals surface area contributed by atoms with Crippen LogP contribution >= 0.6 is 0 Å². The molecule has 138 valence electrons. The Balaban J connectivity index is 1.83. The molecule has 1 aliphatic rings. The highest BCUT2D eigenvalue weighted by molar-refractivity contribution is 5.85. The molecule has 2 aromatic rings. The lowest BCUT2D eigenvalue weighted by Gasteiger charge is -2.27. The second-order valence-corrected chi connectivity index (χ2v) is 5.38. The molecule has 1 atom stereocenters. The molecule has 27 heavy (non-hydrogen) atoms. The molecule has 0 aromatic heterocycles. The number of hydrogen-bond donors (Lipinski definition) is 0. The van der Waals surface area contributed by atoms with Crippen LogP contribution in [0.2, 0.25) is 0 Å². The van der Waals surface area contributed by atoms with Gasteiger partial charge >= 0.3 is 6.09 Å². The summed E-state index contributed by atoms with van der Waals surface area (Å²) in [4.78, 5) is 27.1. The Labute approximate surface area is 150 Å². The summed E-state index contributed by atoms with van der Waals surface area (Å²) >= 11 is 0. The average molecular weight is 377 g/mol. The standard InChI is InChI=1S/C17H10F3N3O4/c18-13-7-10(8-14(19)16(13)20)15-5-6-21-9-22(15)17(24)27-12-3-1-11(2-4-12)23(25)26/h1-9,15H. The quantitative estimate of drug-likeness (QED) is 0.458. The summed E-state index contributed by atoms with van der Waals surface area (Å²) in [6.45, 7) is 0. The van der Waals surface area contributed by atoms with Crippen molar-refractivity contribution < 1.29 is 27.6 Å². The van der Waals surface area contributed by atoms with E-state index < -0.39 is 34.5 Å². The van der Waals surface area contributed by atoms with Gasteiger partial charge in [0.05, 0.1) is 11.0 Å². The molecular formula is C17H10F3N3O4. The zero-order chi connectivity index (χ0) is 19.6. The van der Waals surface area contributed by atoms with Crippen LogP contribution in [0.25, 0.3) is 0 Å². The Bertz CT molecular complexity index is 937. The van der Waals surface area contributed by atoms with Gasteiger partial charge < -0.3 is 4.74 Å². The molecule has 0 aliphatic carbocycles. The van der Waals surface area contributed by atoms with Crippen LogP contribution in [-0.4, -0.2) is 22.3 Å². The smallest absolute Gasteiger partial charge is 0.410 e. The Morgan fingerprint density at radius 2 is 1.78 bits per heavy atom. The van der Waals surface area contributed by atoms with E-state index in [0.717, 1.165) is 35.5 Å². The van der Waals surface area contributed by atoms with Gasteiger partial charge in [0.1, 0.15) is 12.1 Å². The summed E-state index contributed by atoms with van der Waals surface area (Å²) < 4.78 is 45.3. The van der Waals surface area contributed by atoms with Crippen molar-refractivity contribution in [1.29, 1.82) is 0 Å². The molecule has 1 heterocycles. The van der Waals surface area contributed by atoms with E-state index in [9.17, 15) is 28.1 Å². The highest BCUT2D eigenvalue weighted by Crippen LogP contribution is 2.28. The largest absolute Gasteiger partial charge is 0.421 e. The van der Waals surface area contributed by atoms with E-state index in [0.29, 0.717) is 0 Å². The van der Waals surface area contributed by atoms with Crippen molar-refractivity contribution in [2.24, 2.45) is 4.99 Å².